The van der Waals surface area contributed by atoms with E-state index in [1.54, 1.807) is 6.92 Å². The van der Waals surface area contributed by atoms with Crippen LogP contribution in [0.5, 0.6) is 0 Å². The molecule has 0 atom stereocenters. The van der Waals surface area contributed by atoms with Gasteiger partial charge in [-0.2, -0.15) is 0 Å². The van der Waals surface area contributed by atoms with Gasteiger partial charge in [-0.25, -0.2) is 0 Å². The Morgan fingerprint density at radius 1 is 1.57 bits per heavy atom. The smallest absolute Gasteiger partial charge is 0.217 e. The van der Waals surface area contributed by atoms with Crippen molar-refractivity contribution in [3.63, 3.8) is 0 Å². The van der Waals surface area contributed by atoms with E-state index in [1.165, 1.54) is 22.6 Å². The lowest BCUT2D eigenvalue weighted by molar-refractivity contribution is -0.111. The molecule has 0 spiro atoms. The van der Waals surface area contributed by atoms with E-state index in [0.29, 0.717) is 29.7 Å². The first kappa shape index (κ1) is 11.9. The van der Waals surface area contributed by atoms with Crippen LogP contribution in [0.3, 0.4) is 0 Å². The molecule has 4 nitrogen and oxygen atoms in total. The second-order valence-corrected chi connectivity index (χ2v) is 5.20. The Hall–Kier alpha value is -0.140. The maximum absolute atomic E-state index is 11.2. The van der Waals surface area contributed by atoms with Crippen LogP contribution >= 0.6 is 34.2 Å². The van der Waals surface area contributed by atoms with E-state index < -0.39 is 0 Å². The molecule has 0 fully saturated rings. The van der Waals surface area contributed by atoms with Crippen LogP contribution in [-0.2, 0) is 11.2 Å². The van der Waals surface area contributed by atoms with Gasteiger partial charge in [0, 0.05) is 19.8 Å². The number of hydrogen-bond donors (Lipinski definition) is 1. The SMILES string of the molecule is Cc1nnc(CCC(=O)SCSS)o1. The molecule has 0 bridgehead atoms. The average Bonchev–Trinajstić information content (AvgIpc) is 2.58. The molecule has 0 aromatic carbocycles. The normalized spacial score (nSPS) is 10.4. The number of aryl methyl sites for hydroxylation is 2. The molecule has 1 aromatic heterocycles. The molecule has 0 N–H and O–H groups in total. The Balaban J connectivity index is 2.23. The maximum Gasteiger partial charge on any atom is 0.217 e. The quantitative estimate of drug-likeness (QED) is 0.491. The number of aromatic nitrogens is 2. The fourth-order valence-electron chi connectivity index (χ4n) is 0.812. The lowest BCUT2D eigenvalue weighted by atomic mass is 10.3. The van der Waals surface area contributed by atoms with Crippen molar-refractivity contribution in [3.8, 4) is 0 Å². The molecule has 0 saturated heterocycles. The maximum atomic E-state index is 11.2. The highest BCUT2D eigenvalue weighted by Crippen LogP contribution is 2.17. The molecule has 1 aromatic rings. The van der Waals surface area contributed by atoms with Gasteiger partial charge in [0.2, 0.25) is 11.8 Å². The second kappa shape index (κ2) is 6.36. The third-order valence-corrected chi connectivity index (χ3v) is 3.75. The van der Waals surface area contributed by atoms with Crippen LogP contribution in [0.2, 0.25) is 0 Å². The number of rotatable bonds is 5. The van der Waals surface area contributed by atoms with Gasteiger partial charge in [-0.3, -0.25) is 4.79 Å². The summed E-state index contributed by atoms with van der Waals surface area (Å²) in [7, 11) is 1.34. The fourth-order valence-corrected chi connectivity index (χ4v) is 2.27. The zero-order chi connectivity index (χ0) is 10.4. The van der Waals surface area contributed by atoms with Crippen molar-refractivity contribution in [2.75, 3.05) is 5.08 Å². The van der Waals surface area contributed by atoms with Crippen LogP contribution in [0.15, 0.2) is 4.42 Å². The predicted octanol–water partition coefficient (Wildman–Crippen LogP) is 2.11. The molecule has 0 aliphatic rings. The minimum atomic E-state index is 0.127. The van der Waals surface area contributed by atoms with Gasteiger partial charge in [-0.1, -0.05) is 22.6 Å². The molecule has 1 rings (SSSR count). The third-order valence-electron chi connectivity index (χ3n) is 1.38. The fraction of sp³-hybridized carbons (Fsp3) is 0.571. The zero-order valence-corrected chi connectivity index (χ0v) is 10.1. The minimum Gasteiger partial charge on any atom is -0.426 e. The number of thioether (sulfide) groups is 1. The molecule has 0 unspecified atom stereocenters. The summed E-state index contributed by atoms with van der Waals surface area (Å²) in [6, 6.07) is 0. The van der Waals surface area contributed by atoms with Gasteiger partial charge >= 0.3 is 0 Å². The van der Waals surface area contributed by atoms with Crippen molar-refractivity contribution in [1.82, 2.24) is 10.2 Å². The molecule has 0 aliphatic heterocycles. The molecule has 0 amide bonds. The lowest BCUT2D eigenvalue weighted by Gasteiger charge is -1.95. The van der Waals surface area contributed by atoms with Crippen molar-refractivity contribution in [3.05, 3.63) is 11.8 Å². The molecular weight excluding hydrogens is 240 g/mol. The van der Waals surface area contributed by atoms with Gasteiger partial charge < -0.3 is 4.42 Å². The van der Waals surface area contributed by atoms with E-state index in [4.69, 9.17) is 4.42 Å². The van der Waals surface area contributed by atoms with Crippen LogP contribution in [0, 0.1) is 6.92 Å². The number of thiol groups is 1. The molecule has 7 heteroatoms. The van der Waals surface area contributed by atoms with Crippen LogP contribution in [-0.4, -0.2) is 20.4 Å². The Morgan fingerprint density at radius 3 is 2.93 bits per heavy atom. The number of hydrogen-bond acceptors (Lipinski definition) is 7. The van der Waals surface area contributed by atoms with Gasteiger partial charge in [0.05, 0.1) is 5.08 Å². The van der Waals surface area contributed by atoms with Crippen LogP contribution in [0.25, 0.3) is 0 Å². The van der Waals surface area contributed by atoms with Gasteiger partial charge in [0.15, 0.2) is 5.12 Å². The topological polar surface area (TPSA) is 56.0 Å². The van der Waals surface area contributed by atoms with E-state index in [9.17, 15) is 4.79 Å². The highest BCUT2D eigenvalue weighted by atomic mass is 33.1. The number of nitrogens with zero attached hydrogens (tertiary/aromatic N) is 2. The number of carbonyl (C=O) groups excluding carboxylic acids is 1. The van der Waals surface area contributed by atoms with Crippen LogP contribution in [0.4, 0.5) is 0 Å². The first-order valence-electron chi connectivity index (χ1n) is 3.93. The summed E-state index contributed by atoms with van der Waals surface area (Å²) in [5, 5.41) is 8.27. The van der Waals surface area contributed by atoms with E-state index >= 15 is 0 Å². The summed E-state index contributed by atoms with van der Waals surface area (Å²) in [5.41, 5.74) is 0. The molecule has 78 valence electrons. The standard InChI is InChI=1S/C7H10N2O2S3/c1-5-8-9-6(11-5)2-3-7(10)13-4-14-12/h12H,2-4H2,1H3. The first-order valence-corrected chi connectivity index (χ1v) is 6.95. The van der Waals surface area contributed by atoms with E-state index in [2.05, 4.69) is 21.9 Å². The lowest BCUT2D eigenvalue weighted by Crippen LogP contribution is -1.95. The summed E-state index contributed by atoms with van der Waals surface area (Å²) in [6.07, 6.45) is 0.949. The average molecular weight is 250 g/mol. The van der Waals surface area contributed by atoms with E-state index in [0.717, 1.165) is 0 Å². The van der Waals surface area contributed by atoms with Crippen molar-refractivity contribution in [1.29, 1.82) is 0 Å². The zero-order valence-electron chi connectivity index (χ0n) is 7.60. The second-order valence-electron chi connectivity index (χ2n) is 2.48. The predicted molar refractivity (Wildman–Crippen MR) is 61.4 cm³/mol. The Bertz CT molecular complexity index is 303. The van der Waals surface area contributed by atoms with Crippen molar-refractivity contribution in [2.24, 2.45) is 0 Å². The molecule has 1 heterocycles. The highest BCUT2D eigenvalue weighted by molar-refractivity contribution is 8.70. The van der Waals surface area contributed by atoms with Crippen molar-refractivity contribution >= 4 is 39.3 Å². The van der Waals surface area contributed by atoms with Crippen LogP contribution in [0.1, 0.15) is 18.2 Å². The Labute approximate surface area is 95.4 Å². The summed E-state index contributed by atoms with van der Waals surface area (Å²) < 4.78 is 5.13. The molecule has 0 radical (unpaired) electrons. The Kier molecular flexibility index (Phi) is 5.42. The van der Waals surface area contributed by atoms with Crippen molar-refractivity contribution in [2.45, 2.75) is 19.8 Å². The van der Waals surface area contributed by atoms with Crippen molar-refractivity contribution < 1.29 is 9.21 Å². The van der Waals surface area contributed by atoms with E-state index in [-0.39, 0.29) is 5.12 Å². The van der Waals surface area contributed by atoms with Gasteiger partial charge in [-0.05, 0) is 0 Å². The molecule has 14 heavy (non-hydrogen) atoms. The third kappa shape index (κ3) is 4.39. The first-order chi connectivity index (χ1) is 6.72. The van der Waals surface area contributed by atoms with E-state index in [1.807, 2.05) is 0 Å². The largest absolute Gasteiger partial charge is 0.426 e. The summed E-state index contributed by atoms with van der Waals surface area (Å²) in [4.78, 5) is 11.2. The van der Waals surface area contributed by atoms with Crippen LogP contribution < -0.4 is 0 Å². The number of carbonyl (C=O) groups is 1. The monoisotopic (exact) mass is 250 g/mol. The summed E-state index contributed by atoms with van der Waals surface area (Å²) in [6.45, 7) is 1.73. The van der Waals surface area contributed by atoms with Gasteiger partial charge in [0.1, 0.15) is 0 Å². The summed E-state index contributed by atoms with van der Waals surface area (Å²) in [5.74, 6) is 1.06. The molecule has 0 aliphatic carbocycles. The molecular formula is C7H10N2O2S3. The van der Waals surface area contributed by atoms with Gasteiger partial charge in [0.25, 0.3) is 0 Å². The summed E-state index contributed by atoms with van der Waals surface area (Å²) >= 11 is 5.20. The minimum absolute atomic E-state index is 0.127. The highest BCUT2D eigenvalue weighted by Gasteiger charge is 2.07. The molecule has 0 saturated carbocycles. The Morgan fingerprint density at radius 2 is 2.36 bits per heavy atom. The van der Waals surface area contributed by atoms with Gasteiger partial charge in [-0.15, -0.1) is 21.9 Å².